The van der Waals surface area contributed by atoms with E-state index >= 15 is 0 Å². The van der Waals surface area contributed by atoms with Crippen LogP contribution in [-0.4, -0.2) is 17.4 Å². The quantitative estimate of drug-likeness (QED) is 0.695. The molecule has 0 aliphatic carbocycles. The minimum absolute atomic E-state index is 0.0546. The predicted octanol–water partition coefficient (Wildman–Crippen LogP) is 3.76. The predicted molar refractivity (Wildman–Crippen MR) is 82.3 cm³/mol. The number of rotatable bonds is 6. The highest BCUT2D eigenvalue weighted by atomic mass is 16.3. The maximum Gasteiger partial charge on any atom is 0.257 e. The number of hydrogen-bond acceptors (Lipinski definition) is 3. The van der Waals surface area contributed by atoms with Crippen LogP contribution in [-0.2, 0) is 13.0 Å². The zero-order chi connectivity index (χ0) is 15.2. The van der Waals surface area contributed by atoms with E-state index in [1.807, 2.05) is 30.3 Å². The van der Waals surface area contributed by atoms with Crippen molar-refractivity contribution in [3.05, 3.63) is 84.2 Å². The lowest BCUT2D eigenvalue weighted by Gasteiger charge is -2.21. The molecule has 2 heterocycles. The van der Waals surface area contributed by atoms with Crippen LogP contribution in [0.3, 0.4) is 0 Å². The van der Waals surface area contributed by atoms with Gasteiger partial charge in [0.15, 0.2) is 0 Å². The fourth-order valence-corrected chi connectivity index (χ4v) is 2.32. The van der Waals surface area contributed by atoms with Gasteiger partial charge in [0, 0.05) is 6.54 Å². The summed E-state index contributed by atoms with van der Waals surface area (Å²) < 4.78 is 10.4. The Labute approximate surface area is 129 Å². The first-order valence-corrected chi connectivity index (χ1v) is 7.21. The molecule has 0 radical (unpaired) electrons. The molecule has 1 amide bonds. The molecule has 0 fully saturated rings. The van der Waals surface area contributed by atoms with Gasteiger partial charge in [-0.1, -0.05) is 30.3 Å². The van der Waals surface area contributed by atoms with Crippen molar-refractivity contribution in [2.24, 2.45) is 0 Å². The number of carbonyl (C=O) groups is 1. The molecule has 4 nitrogen and oxygen atoms in total. The van der Waals surface area contributed by atoms with Gasteiger partial charge < -0.3 is 13.7 Å². The number of nitrogens with zero attached hydrogens (tertiary/aromatic N) is 1. The Morgan fingerprint density at radius 3 is 2.55 bits per heavy atom. The maximum atomic E-state index is 12.6. The molecule has 0 aliphatic heterocycles. The SMILES string of the molecule is O=C(c1ccoc1)N(CCc1ccccc1)Cc1ccco1. The van der Waals surface area contributed by atoms with Crippen LogP contribution in [0.15, 0.2) is 76.2 Å². The molecule has 2 aromatic heterocycles. The normalized spacial score (nSPS) is 10.5. The Balaban J connectivity index is 1.72. The van der Waals surface area contributed by atoms with Gasteiger partial charge in [0.25, 0.3) is 5.91 Å². The first-order valence-electron chi connectivity index (χ1n) is 7.21. The molecular weight excluding hydrogens is 278 g/mol. The molecule has 4 heteroatoms. The minimum Gasteiger partial charge on any atom is -0.472 e. The highest BCUT2D eigenvalue weighted by Crippen LogP contribution is 2.12. The molecule has 0 atom stereocenters. The van der Waals surface area contributed by atoms with Crippen LogP contribution < -0.4 is 0 Å². The highest BCUT2D eigenvalue weighted by molar-refractivity contribution is 5.93. The molecule has 0 saturated heterocycles. The van der Waals surface area contributed by atoms with Crippen molar-refractivity contribution in [3.8, 4) is 0 Å². The molecule has 3 aromatic rings. The van der Waals surface area contributed by atoms with E-state index in [1.165, 1.54) is 18.1 Å². The third-order valence-electron chi connectivity index (χ3n) is 3.50. The van der Waals surface area contributed by atoms with Crippen LogP contribution in [0.5, 0.6) is 0 Å². The average Bonchev–Trinajstić information content (AvgIpc) is 3.25. The van der Waals surface area contributed by atoms with E-state index in [0.717, 1.165) is 12.2 Å². The Morgan fingerprint density at radius 1 is 1.00 bits per heavy atom. The van der Waals surface area contributed by atoms with Crippen molar-refractivity contribution in [1.29, 1.82) is 0 Å². The molecule has 1 aromatic carbocycles. The van der Waals surface area contributed by atoms with Gasteiger partial charge >= 0.3 is 0 Å². The van der Waals surface area contributed by atoms with E-state index in [0.29, 0.717) is 18.7 Å². The molecule has 0 N–H and O–H groups in total. The summed E-state index contributed by atoms with van der Waals surface area (Å²) in [5.74, 6) is 0.714. The van der Waals surface area contributed by atoms with Gasteiger partial charge in [-0.15, -0.1) is 0 Å². The average molecular weight is 295 g/mol. The molecule has 0 saturated carbocycles. The Hall–Kier alpha value is -2.75. The van der Waals surface area contributed by atoms with Crippen LogP contribution >= 0.6 is 0 Å². The maximum absolute atomic E-state index is 12.6. The van der Waals surface area contributed by atoms with E-state index in [1.54, 1.807) is 17.2 Å². The molecule has 22 heavy (non-hydrogen) atoms. The zero-order valence-electron chi connectivity index (χ0n) is 12.1. The Kier molecular flexibility index (Phi) is 4.39. The first kappa shape index (κ1) is 14.2. The van der Waals surface area contributed by atoms with Crippen LogP contribution in [0.1, 0.15) is 21.7 Å². The second-order valence-corrected chi connectivity index (χ2v) is 5.05. The fraction of sp³-hybridized carbons (Fsp3) is 0.167. The molecule has 0 aliphatic rings. The number of furan rings is 2. The highest BCUT2D eigenvalue weighted by Gasteiger charge is 2.18. The molecular formula is C18H17NO3. The summed E-state index contributed by atoms with van der Waals surface area (Å²) in [7, 11) is 0. The van der Waals surface area contributed by atoms with E-state index in [-0.39, 0.29) is 5.91 Å². The number of hydrogen-bond donors (Lipinski definition) is 0. The van der Waals surface area contributed by atoms with Crippen LogP contribution in [0.25, 0.3) is 0 Å². The molecule has 112 valence electrons. The van der Waals surface area contributed by atoms with E-state index in [2.05, 4.69) is 12.1 Å². The summed E-state index contributed by atoms with van der Waals surface area (Å²) in [6.07, 6.45) is 5.40. The number of benzene rings is 1. The van der Waals surface area contributed by atoms with E-state index in [4.69, 9.17) is 8.83 Å². The first-order chi connectivity index (χ1) is 10.8. The van der Waals surface area contributed by atoms with Crippen molar-refractivity contribution in [1.82, 2.24) is 4.90 Å². The second-order valence-electron chi connectivity index (χ2n) is 5.05. The van der Waals surface area contributed by atoms with Crippen molar-refractivity contribution in [2.45, 2.75) is 13.0 Å². The summed E-state index contributed by atoms with van der Waals surface area (Å²) in [5.41, 5.74) is 1.76. The van der Waals surface area contributed by atoms with Gasteiger partial charge in [0.05, 0.1) is 24.6 Å². The van der Waals surface area contributed by atoms with E-state index < -0.39 is 0 Å². The second kappa shape index (κ2) is 6.80. The lowest BCUT2D eigenvalue weighted by Crippen LogP contribution is -2.32. The molecule has 0 unspecified atom stereocenters. The monoisotopic (exact) mass is 295 g/mol. The third-order valence-corrected chi connectivity index (χ3v) is 3.50. The standard InChI is InChI=1S/C18H17NO3/c20-18(16-9-12-21-14-16)19(13-17-7-4-11-22-17)10-8-15-5-2-1-3-6-15/h1-7,9,11-12,14H,8,10,13H2. The number of amides is 1. The summed E-state index contributed by atoms with van der Waals surface area (Å²) in [5, 5.41) is 0. The summed E-state index contributed by atoms with van der Waals surface area (Å²) in [6.45, 7) is 1.07. The van der Waals surface area contributed by atoms with Gasteiger partial charge in [0.2, 0.25) is 0 Å². The minimum atomic E-state index is -0.0546. The van der Waals surface area contributed by atoms with Crippen molar-refractivity contribution in [2.75, 3.05) is 6.54 Å². The van der Waals surface area contributed by atoms with Crippen molar-refractivity contribution in [3.63, 3.8) is 0 Å². The lowest BCUT2D eigenvalue weighted by atomic mass is 10.1. The summed E-state index contributed by atoms with van der Waals surface area (Å²) in [4.78, 5) is 14.4. The van der Waals surface area contributed by atoms with Gasteiger partial charge in [-0.25, -0.2) is 0 Å². The topological polar surface area (TPSA) is 46.6 Å². The van der Waals surface area contributed by atoms with Crippen molar-refractivity contribution < 1.29 is 13.6 Å². The van der Waals surface area contributed by atoms with Crippen LogP contribution in [0.2, 0.25) is 0 Å². The third kappa shape index (κ3) is 3.47. The van der Waals surface area contributed by atoms with Gasteiger partial charge in [-0.05, 0) is 30.2 Å². The van der Waals surface area contributed by atoms with Gasteiger partial charge in [-0.3, -0.25) is 4.79 Å². The van der Waals surface area contributed by atoms with E-state index in [9.17, 15) is 4.79 Å². The molecule has 0 bridgehead atoms. The fourth-order valence-electron chi connectivity index (χ4n) is 2.32. The Bertz CT molecular complexity index is 687. The number of carbonyl (C=O) groups excluding carboxylic acids is 1. The smallest absolute Gasteiger partial charge is 0.257 e. The lowest BCUT2D eigenvalue weighted by molar-refractivity contribution is 0.0733. The van der Waals surface area contributed by atoms with Gasteiger partial charge in [0.1, 0.15) is 12.0 Å². The summed E-state index contributed by atoms with van der Waals surface area (Å²) >= 11 is 0. The zero-order valence-corrected chi connectivity index (χ0v) is 12.1. The van der Waals surface area contributed by atoms with Crippen LogP contribution in [0, 0.1) is 0 Å². The summed E-state index contributed by atoms with van der Waals surface area (Å²) in [6, 6.07) is 15.5. The largest absolute Gasteiger partial charge is 0.472 e. The Morgan fingerprint density at radius 2 is 1.86 bits per heavy atom. The van der Waals surface area contributed by atoms with Gasteiger partial charge in [-0.2, -0.15) is 0 Å². The van der Waals surface area contributed by atoms with Crippen LogP contribution in [0.4, 0.5) is 0 Å². The van der Waals surface area contributed by atoms with Crippen molar-refractivity contribution >= 4 is 5.91 Å². The molecule has 0 spiro atoms. The molecule has 3 rings (SSSR count).